The highest BCUT2D eigenvalue weighted by atomic mass is 35.5. The van der Waals surface area contributed by atoms with Crippen LogP contribution in [0.1, 0.15) is 29.6 Å². The van der Waals surface area contributed by atoms with E-state index in [1.807, 2.05) is 12.1 Å². The maximum Gasteiger partial charge on any atom is 0.255 e. The lowest BCUT2D eigenvalue weighted by Gasteiger charge is -2.32. The Morgan fingerprint density at radius 2 is 1.91 bits per heavy atom. The van der Waals surface area contributed by atoms with Crippen molar-refractivity contribution in [3.63, 3.8) is 0 Å². The van der Waals surface area contributed by atoms with Gasteiger partial charge in [0.05, 0.1) is 35.0 Å². The molecule has 0 atom stereocenters. The zero-order valence-electron chi connectivity index (χ0n) is 18.0. The molecule has 0 spiro atoms. The number of likely N-dealkylation sites (tertiary alicyclic amines) is 1. The summed E-state index contributed by atoms with van der Waals surface area (Å²) in [4.78, 5) is 15.0. The molecular formula is C23H28Cl3N3O3. The van der Waals surface area contributed by atoms with E-state index in [2.05, 4.69) is 10.2 Å². The number of hydrogen-bond donors (Lipinski definition) is 2. The molecule has 0 bridgehead atoms. The van der Waals surface area contributed by atoms with Crippen molar-refractivity contribution in [3.05, 3.63) is 51.0 Å². The summed E-state index contributed by atoms with van der Waals surface area (Å²) in [7, 11) is 1.50. The number of piperidine rings is 1. The summed E-state index contributed by atoms with van der Waals surface area (Å²) in [5.41, 5.74) is 6.56. The van der Waals surface area contributed by atoms with Gasteiger partial charge < -0.3 is 25.4 Å². The van der Waals surface area contributed by atoms with E-state index in [0.717, 1.165) is 38.9 Å². The van der Waals surface area contributed by atoms with E-state index in [1.54, 1.807) is 18.2 Å². The van der Waals surface area contributed by atoms with Crippen molar-refractivity contribution in [1.82, 2.24) is 10.2 Å². The average molecular weight is 501 g/mol. The van der Waals surface area contributed by atoms with Gasteiger partial charge in [-0.1, -0.05) is 40.9 Å². The molecule has 1 amide bonds. The maximum atomic E-state index is 12.6. The molecule has 3 rings (SSSR count). The van der Waals surface area contributed by atoms with Crippen molar-refractivity contribution >= 4 is 46.4 Å². The lowest BCUT2D eigenvalue weighted by Crippen LogP contribution is -2.39. The summed E-state index contributed by atoms with van der Waals surface area (Å²) < 4.78 is 11.0. The minimum absolute atomic E-state index is 0.206. The Kier molecular flexibility index (Phi) is 9.17. The molecular weight excluding hydrogens is 473 g/mol. The topological polar surface area (TPSA) is 76.8 Å². The third kappa shape index (κ3) is 6.58. The smallest absolute Gasteiger partial charge is 0.255 e. The van der Waals surface area contributed by atoms with Gasteiger partial charge in [-0.3, -0.25) is 4.79 Å². The molecule has 1 saturated heterocycles. The van der Waals surface area contributed by atoms with Gasteiger partial charge in [-0.2, -0.15) is 0 Å². The van der Waals surface area contributed by atoms with E-state index in [-0.39, 0.29) is 5.91 Å². The number of halogens is 3. The number of nitrogens with zero attached hydrogens (tertiary/aromatic N) is 1. The standard InChI is InChI=1S/C23H28Cl3N3O3/c1-31-21-13-19(27)18(25)12-16(21)23(30)28-14-15-6-9-29(10-7-15)8-3-11-32-20-5-2-4-17(24)22(20)26/h2,4-5,12-13,15H,3,6-11,14,27H2,1H3,(H,28,30). The first kappa shape index (κ1) is 24.8. The second kappa shape index (κ2) is 11.8. The summed E-state index contributed by atoms with van der Waals surface area (Å²) in [6.45, 7) is 4.15. The van der Waals surface area contributed by atoms with E-state index < -0.39 is 0 Å². The molecule has 1 aliphatic rings. The van der Waals surface area contributed by atoms with Crippen LogP contribution in [0.25, 0.3) is 0 Å². The van der Waals surface area contributed by atoms with E-state index in [4.69, 9.17) is 50.0 Å². The zero-order chi connectivity index (χ0) is 23.1. The molecule has 9 heteroatoms. The Hall–Kier alpha value is -1.86. The minimum Gasteiger partial charge on any atom is -0.496 e. The van der Waals surface area contributed by atoms with Crippen LogP contribution in [0.3, 0.4) is 0 Å². The second-order valence-corrected chi connectivity index (χ2v) is 9.02. The van der Waals surface area contributed by atoms with Gasteiger partial charge in [0.1, 0.15) is 16.5 Å². The van der Waals surface area contributed by atoms with Crippen molar-refractivity contribution in [2.75, 3.05) is 45.6 Å². The van der Waals surface area contributed by atoms with Gasteiger partial charge in [0, 0.05) is 19.2 Å². The first-order valence-corrected chi connectivity index (χ1v) is 11.7. The molecule has 3 N–H and O–H groups in total. The van der Waals surface area contributed by atoms with Crippen LogP contribution in [0.15, 0.2) is 30.3 Å². The molecule has 174 valence electrons. The number of nitrogen functional groups attached to an aromatic ring is 1. The molecule has 6 nitrogen and oxygen atoms in total. The molecule has 0 aromatic heterocycles. The summed E-state index contributed by atoms with van der Waals surface area (Å²) in [6, 6.07) is 8.50. The third-order valence-corrected chi connectivity index (χ3v) is 6.74. The highest BCUT2D eigenvalue weighted by Gasteiger charge is 2.21. The Morgan fingerprint density at radius 1 is 1.16 bits per heavy atom. The molecule has 1 fully saturated rings. The number of nitrogens with one attached hydrogen (secondary N) is 1. The fraction of sp³-hybridized carbons (Fsp3) is 0.435. The minimum atomic E-state index is -0.206. The molecule has 0 unspecified atom stereocenters. The second-order valence-electron chi connectivity index (χ2n) is 7.82. The lowest BCUT2D eigenvalue weighted by molar-refractivity contribution is 0.0932. The molecule has 1 heterocycles. The summed E-state index contributed by atoms with van der Waals surface area (Å²) in [6.07, 6.45) is 2.96. The van der Waals surface area contributed by atoms with Crippen molar-refractivity contribution in [2.45, 2.75) is 19.3 Å². The van der Waals surface area contributed by atoms with Crippen molar-refractivity contribution < 1.29 is 14.3 Å². The van der Waals surface area contributed by atoms with Crippen LogP contribution in [0.5, 0.6) is 11.5 Å². The molecule has 2 aromatic carbocycles. The van der Waals surface area contributed by atoms with Crippen LogP contribution in [-0.4, -0.2) is 50.7 Å². The number of ether oxygens (including phenoxy) is 2. The van der Waals surface area contributed by atoms with Gasteiger partial charge in [0.25, 0.3) is 5.91 Å². The number of methoxy groups -OCH3 is 1. The van der Waals surface area contributed by atoms with Crippen LogP contribution >= 0.6 is 34.8 Å². The number of rotatable bonds is 9. The molecule has 1 aliphatic heterocycles. The van der Waals surface area contributed by atoms with Crippen molar-refractivity contribution in [3.8, 4) is 11.5 Å². The SMILES string of the molecule is COc1cc(N)c(Cl)cc1C(=O)NCC1CCN(CCCOc2cccc(Cl)c2Cl)CC1. The van der Waals surface area contributed by atoms with Crippen LogP contribution in [0.2, 0.25) is 15.1 Å². The number of nitrogens with two attached hydrogens (primary N) is 1. The highest BCUT2D eigenvalue weighted by molar-refractivity contribution is 6.42. The van der Waals surface area contributed by atoms with Crippen LogP contribution in [0.4, 0.5) is 5.69 Å². The number of amides is 1. The number of carbonyl (C=O) groups excluding carboxylic acids is 1. The van der Waals surface area contributed by atoms with E-state index >= 15 is 0 Å². The monoisotopic (exact) mass is 499 g/mol. The number of carbonyl (C=O) groups is 1. The molecule has 0 aliphatic carbocycles. The predicted molar refractivity (Wildman–Crippen MR) is 130 cm³/mol. The Morgan fingerprint density at radius 3 is 2.62 bits per heavy atom. The van der Waals surface area contributed by atoms with Gasteiger partial charge >= 0.3 is 0 Å². The Labute approximate surface area is 203 Å². The van der Waals surface area contributed by atoms with Crippen LogP contribution in [0, 0.1) is 5.92 Å². The maximum absolute atomic E-state index is 12.6. The van der Waals surface area contributed by atoms with Gasteiger partial charge in [-0.25, -0.2) is 0 Å². The first-order valence-electron chi connectivity index (χ1n) is 10.6. The van der Waals surface area contributed by atoms with Gasteiger partial charge in [-0.15, -0.1) is 0 Å². The number of benzene rings is 2. The summed E-state index contributed by atoms with van der Waals surface area (Å²) in [5, 5.41) is 4.29. The first-order chi connectivity index (χ1) is 15.4. The average Bonchev–Trinajstić information content (AvgIpc) is 2.80. The van der Waals surface area contributed by atoms with E-state index in [9.17, 15) is 4.79 Å². The van der Waals surface area contributed by atoms with E-state index in [1.165, 1.54) is 7.11 Å². The number of hydrogen-bond acceptors (Lipinski definition) is 5. The van der Waals surface area contributed by atoms with Crippen molar-refractivity contribution in [2.24, 2.45) is 5.92 Å². The molecule has 0 saturated carbocycles. The lowest BCUT2D eigenvalue weighted by atomic mass is 9.96. The highest BCUT2D eigenvalue weighted by Crippen LogP contribution is 2.31. The van der Waals surface area contributed by atoms with Gasteiger partial charge in [0.2, 0.25) is 0 Å². The fourth-order valence-electron chi connectivity index (χ4n) is 3.73. The third-order valence-electron chi connectivity index (χ3n) is 5.61. The molecule has 2 aromatic rings. The molecule has 0 radical (unpaired) electrons. The predicted octanol–water partition coefficient (Wildman–Crippen LogP) is 5.15. The van der Waals surface area contributed by atoms with Crippen LogP contribution in [-0.2, 0) is 0 Å². The summed E-state index contributed by atoms with van der Waals surface area (Å²) in [5.74, 6) is 1.27. The van der Waals surface area contributed by atoms with Gasteiger partial charge in [0.15, 0.2) is 0 Å². The molecule has 32 heavy (non-hydrogen) atoms. The largest absolute Gasteiger partial charge is 0.496 e. The Bertz CT molecular complexity index is 934. The van der Waals surface area contributed by atoms with Gasteiger partial charge in [-0.05, 0) is 56.5 Å². The zero-order valence-corrected chi connectivity index (χ0v) is 20.3. The quantitative estimate of drug-likeness (QED) is 0.368. The normalized spacial score (nSPS) is 14.9. The number of anilines is 1. The van der Waals surface area contributed by atoms with E-state index in [0.29, 0.717) is 56.9 Å². The van der Waals surface area contributed by atoms with Crippen molar-refractivity contribution in [1.29, 1.82) is 0 Å². The fourth-order valence-corrected chi connectivity index (χ4v) is 4.24. The Balaban J connectivity index is 1.37. The van der Waals surface area contributed by atoms with Crippen LogP contribution < -0.4 is 20.5 Å². The summed E-state index contributed by atoms with van der Waals surface area (Å²) >= 11 is 18.2.